The largest absolute Gasteiger partial charge is 0.301 e. The van der Waals surface area contributed by atoms with Gasteiger partial charge in [0, 0.05) is 6.54 Å². The Morgan fingerprint density at radius 2 is 1.83 bits per heavy atom. The van der Waals surface area contributed by atoms with Crippen LogP contribution in [0.15, 0.2) is 35.3 Å². The van der Waals surface area contributed by atoms with Gasteiger partial charge in [0.15, 0.2) is 0 Å². The van der Waals surface area contributed by atoms with Crippen molar-refractivity contribution in [3.63, 3.8) is 0 Å². The molecule has 1 rings (SSSR count). The molecule has 1 aromatic carbocycles. The Morgan fingerprint density at radius 3 is 2.50 bits per heavy atom. The summed E-state index contributed by atoms with van der Waals surface area (Å²) in [5.41, 5.74) is 1.42. The fraction of sp³-hybridized carbons (Fsp3) is 0.364. The zero-order chi connectivity index (χ0) is 8.65. The summed E-state index contributed by atoms with van der Waals surface area (Å²) in [6.07, 6.45) is 3.53. The highest BCUT2D eigenvalue weighted by Gasteiger charge is 1.90. The van der Waals surface area contributed by atoms with Gasteiger partial charge < -0.3 is 4.99 Å². The second-order valence-electron chi connectivity index (χ2n) is 2.89. The van der Waals surface area contributed by atoms with Crippen LogP contribution in [-0.2, 0) is 6.42 Å². The summed E-state index contributed by atoms with van der Waals surface area (Å²) in [6.45, 7) is 4.35. The van der Waals surface area contributed by atoms with Crippen molar-refractivity contribution in [2.75, 3.05) is 6.54 Å². The van der Waals surface area contributed by atoms with Crippen molar-refractivity contribution < 1.29 is 0 Å². The molecule has 0 saturated carbocycles. The lowest BCUT2D eigenvalue weighted by atomic mass is 10.1. The van der Waals surface area contributed by atoms with Gasteiger partial charge >= 0.3 is 0 Å². The molecule has 0 fully saturated rings. The van der Waals surface area contributed by atoms with E-state index in [1.54, 1.807) is 0 Å². The van der Waals surface area contributed by atoms with Crippen LogP contribution < -0.4 is 0 Å². The number of aryl methyl sites for hydroxylation is 1. The van der Waals surface area contributed by atoms with E-state index in [1.165, 1.54) is 12.0 Å². The highest BCUT2D eigenvalue weighted by Crippen LogP contribution is 2.03. The lowest BCUT2D eigenvalue weighted by molar-refractivity contribution is 0.748. The van der Waals surface area contributed by atoms with Gasteiger partial charge in [-0.2, -0.15) is 0 Å². The maximum absolute atomic E-state index is 3.82. The van der Waals surface area contributed by atoms with Crippen molar-refractivity contribution in [2.45, 2.75) is 19.3 Å². The summed E-state index contributed by atoms with van der Waals surface area (Å²) in [5.74, 6) is 0. The minimum atomic E-state index is 0.896. The van der Waals surface area contributed by atoms with E-state index >= 15 is 0 Å². The van der Waals surface area contributed by atoms with Crippen LogP contribution in [0.2, 0.25) is 0 Å². The molecule has 64 valence electrons. The predicted molar refractivity (Wildman–Crippen MR) is 53.8 cm³/mol. The van der Waals surface area contributed by atoms with Crippen molar-refractivity contribution in [1.82, 2.24) is 0 Å². The first-order valence-corrected chi connectivity index (χ1v) is 4.40. The molecule has 0 aliphatic rings. The molecule has 12 heavy (non-hydrogen) atoms. The predicted octanol–water partition coefficient (Wildman–Crippen LogP) is 2.71. The zero-order valence-corrected chi connectivity index (χ0v) is 7.37. The average molecular weight is 161 g/mol. The second kappa shape index (κ2) is 5.53. The van der Waals surface area contributed by atoms with Crippen LogP contribution >= 0.6 is 0 Å². The molecule has 0 aliphatic heterocycles. The van der Waals surface area contributed by atoms with Gasteiger partial charge in [0.2, 0.25) is 0 Å². The van der Waals surface area contributed by atoms with Crippen LogP contribution in [0, 0.1) is 0 Å². The molecule has 1 aromatic rings. The summed E-state index contributed by atoms with van der Waals surface area (Å²) in [4.78, 5) is 3.82. The molecular formula is C11H15N. The molecule has 0 N–H and O–H groups in total. The molecule has 0 radical (unpaired) electrons. The van der Waals surface area contributed by atoms with Gasteiger partial charge in [-0.05, 0) is 31.5 Å². The Bertz CT molecular complexity index is 216. The van der Waals surface area contributed by atoms with Crippen molar-refractivity contribution >= 4 is 6.72 Å². The fourth-order valence-corrected chi connectivity index (χ4v) is 1.20. The number of hydrogen-bond donors (Lipinski definition) is 0. The van der Waals surface area contributed by atoms with Crippen molar-refractivity contribution in [3.05, 3.63) is 35.9 Å². The molecular weight excluding hydrogens is 146 g/mol. The first-order chi connectivity index (χ1) is 5.93. The lowest BCUT2D eigenvalue weighted by Crippen LogP contribution is -1.86. The van der Waals surface area contributed by atoms with E-state index in [-0.39, 0.29) is 0 Å². The number of rotatable bonds is 5. The van der Waals surface area contributed by atoms with E-state index in [9.17, 15) is 0 Å². The number of aliphatic imine (C=N–C) groups is 1. The van der Waals surface area contributed by atoms with Crippen LogP contribution in [0.5, 0.6) is 0 Å². The highest BCUT2D eigenvalue weighted by molar-refractivity contribution is 5.23. The molecule has 1 nitrogen and oxygen atoms in total. The topological polar surface area (TPSA) is 12.4 Å². The van der Waals surface area contributed by atoms with Gasteiger partial charge in [-0.3, -0.25) is 0 Å². The van der Waals surface area contributed by atoms with E-state index < -0.39 is 0 Å². The third kappa shape index (κ3) is 3.33. The van der Waals surface area contributed by atoms with Crippen molar-refractivity contribution in [2.24, 2.45) is 4.99 Å². The summed E-state index contributed by atoms with van der Waals surface area (Å²) in [6, 6.07) is 10.6. The van der Waals surface area contributed by atoms with Crippen LogP contribution in [0.1, 0.15) is 18.4 Å². The lowest BCUT2D eigenvalue weighted by Gasteiger charge is -1.98. The van der Waals surface area contributed by atoms with E-state index in [2.05, 4.69) is 42.0 Å². The summed E-state index contributed by atoms with van der Waals surface area (Å²) in [7, 11) is 0. The molecule has 1 heteroatoms. The number of unbranched alkanes of at least 4 members (excludes halogenated alkanes) is 1. The molecule has 0 aliphatic carbocycles. The molecule has 0 heterocycles. The molecule has 0 bridgehead atoms. The standard InChI is InChI=1S/C11H15N/c1-12-10-6-5-9-11-7-3-2-4-8-11/h2-4,7-8H,1,5-6,9-10H2. The zero-order valence-electron chi connectivity index (χ0n) is 7.37. The minimum absolute atomic E-state index is 0.896. The summed E-state index contributed by atoms with van der Waals surface area (Å²) < 4.78 is 0. The smallest absolute Gasteiger partial charge is 0.0382 e. The second-order valence-corrected chi connectivity index (χ2v) is 2.89. The van der Waals surface area contributed by atoms with E-state index in [4.69, 9.17) is 0 Å². The highest BCUT2D eigenvalue weighted by atomic mass is 14.7. The monoisotopic (exact) mass is 161 g/mol. The van der Waals surface area contributed by atoms with Gasteiger partial charge in [-0.1, -0.05) is 30.3 Å². The summed E-state index contributed by atoms with van der Waals surface area (Å²) >= 11 is 0. The minimum Gasteiger partial charge on any atom is -0.301 e. The molecule has 0 spiro atoms. The maximum Gasteiger partial charge on any atom is 0.0382 e. The molecule has 0 aromatic heterocycles. The van der Waals surface area contributed by atoms with Gasteiger partial charge in [0.25, 0.3) is 0 Å². The van der Waals surface area contributed by atoms with Gasteiger partial charge in [-0.15, -0.1) is 0 Å². The molecule has 0 atom stereocenters. The van der Waals surface area contributed by atoms with Gasteiger partial charge in [-0.25, -0.2) is 0 Å². The molecule has 0 amide bonds. The summed E-state index contributed by atoms with van der Waals surface area (Å²) in [5, 5.41) is 0. The maximum atomic E-state index is 3.82. The Labute approximate surface area is 74.2 Å². The van der Waals surface area contributed by atoms with Crippen molar-refractivity contribution in [3.8, 4) is 0 Å². The Morgan fingerprint density at radius 1 is 1.08 bits per heavy atom. The third-order valence-corrected chi connectivity index (χ3v) is 1.87. The number of benzene rings is 1. The number of nitrogens with zero attached hydrogens (tertiary/aromatic N) is 1. The SMILES string of the molecule is C=NCCCCc1ccccc1. The Balaban J connectivity index is 2.20. The third-order valence-electron chi connectivity index (χ3n) is 1.87. The number of hydrogen-bond acceptors (Lipinski definition) is 1. The van der Waals surface area contributed by atoms with Gasteiger partial charge in [0.1, 0.15) is 0 Å². The van der Waals surface area contributed by atoms with Crippen LogP contribution in [0.25, 0.3) is 0 Å². The first kappa shape index (κ1) is 8.98. The van der Waals surface area contributed by atoms with Crippen LogP contribution in [0.4, 0.5) is 0 Å². The van der Waals surface area contributed by atoms with E-state index in [0.29, 0.717) is 0 Å². The van der Waals surface area contributed by atoms with Crippen molar-refractivity contribution in [1.29, 1.82) is 0 Å². The van der Waals surface area contributed by atoms with Crippen LogP contribution in [0.3, 0.4) is 0 Å². The normalized spacial score (nSPS) is 9.67. The Hall–Kier alpha value is -1.11. The van der Waals surface area contributed by atoms with E-state index in [0.717, 1.165) is 19.4 Å². The fourth-order valence-electron chi connectivity index (χ4n) is 1.20. The van der Waals surface area contributed by atoms with Gasteiger partial charge in [0.05, 0.1) is 0 Å². The van der Waals surface area contributed by atoms with Crippen LogP contribution in [-0.4, -0.2) is 13.3 Å². The van der Waals surface area contributed by atoms with E-state index in [1.807, 2.05) is 0 Å². The molecule has 0 unspecified atom stereocenters. The first-order valence-electron chi connectivity index (χ1n) is 4.40. The quantitative estimate of drug-likeness (QED) is 0.465. The molecule has 0 saturated heterocycles. The average Bonchev–Trinajstić information content (AvgIpc) is 2.14. The Kier molecular flexibility index (Phi) is 4.14.